The van der Waals surface area contributed by atoms with Gasteiger partial charge in [0.15, 0.2) is 0 Å². The topological polar surface area (TPSA) is 73.9 Å². The highest BCUT2D eigenvalue weighted by molar-refractivity contribution is 5.84. The number of nitrogens with zero attached hydrogens (tertiary/aromatic N) is 2. The van der Waals surface area contributed by atoms with E-state index >= 15 is 0 Å². The molecule has 0 bridgehead atoms. The van der Waals surface area contributed by atoms with Gasteiger partial charge in [0, 0.05) is 37.9 Å². The molecule has 0 aromatic heterocycles. The van der Waals surface area contributed by atoms with Crippen LogP contribution in [0.2, 0.25) is 0 Å². The summed E-state index contributed by atoms with van der Waals surface area (Å²) in [5, 5.41) is 6.05. The number of carbonyl (C=O) groups is 2. The third kappa shape index (κ3) is 6.75. The van der Waals surface area contributed by atoms with Crippen LogP contribution in [0, 0.1) is 5.82 Å². The van der Waals surface area contributed by atoms with Crippen molar-refractivity contribution in [1.82, 2.24) is 15.5 Å². The van der Waals surface area contributed by atoms with Crippen LogP contribution >= 0.6 is 0 Å². The van der Waals surface area contributed by atoms with Crippen LogP contribution in [-0.4, -0.2) is 61.8 Å². The molecular formula is C28H37FN4O3. The zero-order valence-corrected chi connectivity index (χ0v) is 21.0. The van der Waals surface area contributed by atoms with Crippen LogP contribution in [0.3, 0.4) is 0 Å². The standard InChI is InChI=1S/C28H37FN4O3/c1-2-36-27(34)25(31-28(35)30-23-11-7-4-8-12-23)26(21-9-5-3-6-10-21)33-19-17-32(18-20-33)24-15-13-22(29)14-16-24/h3,5-6,9-10,13-16,23,25-26H,2,4,7-8,11-12,17-20H2,1H3,(H2,30,31,35)/t25-,26-/m1/s1. The van der Waals surface area contributed by atoms with Crippen molar-refractivity contribution in [2.24, 2.45) is 0 Å². The second kappa shape index (κ2) is 12.7. The van der Waals surface area contributed by atoms with Gasteiger partial charge in [-0.1, -0.05) is 49.6 Å². The van der Waals surface area contributed by atoms with Gasteiger partial charge in [-0.25, -0.2) is 14.0 Å². The van der Waals surface area contributed by atoms with E-state index in [4.69, 9.17) is 4.74 Å². The summed E-state index contributed by atoms with van der Waals surface area (Å²) in [6.07, 6.45) is 5.34. The van der Waals surface area contributed by atoms with Gasteiger partial charge in [-0.2, -0.15) is 0 Å². The first kappa shape index (κ1) is 25.9. The van der Waals surface area contributed by atoms with Gasteiger partial charge in [0.05, 0.1) is 12.6 Å². The molecule has 4 rings (SSSR count). The van der Waals surface area contributed by atoms with Crippen LogP contribution in [0.1, 0.15) is 50.6 Å². The fourth-order valence-electron chi connectivity index (χ4n) is 5.29. The number of hydrogen-bond acceptors (Lipinski definition) is 5. The smallest absolute Gasteiger partial charge is 0.330 e. The van der Waals surface area contributed by atoms with Crippen molar-refractivity contribution in [2.75, 3.05) is 37.7 Å². The van der Waals surface area contributed by atoms with E-state index in [2.05, 4.69) is 20.4 Å². The summed E-state index contributed by atoms with van der Waals surface area (Å²) in [4.78, 5) is 30.7. The molecule has 2 N–H and O–H groups in total. The Kier molecular flexibility index (Phi) is 9.17. The minimum absolute atomic E-state index is 0.135. The van der Waals surface area contributed by atoms with Crippen LogP contribution in [0.15, 0.2) is 54.6 Å². The Morgan fingerprint density at radius 1 is 0.972 bits per heavy atom. The Balaban J connectivity index is 1.52. The first-order valence-corrected chi connectivity index (χ1v) is 13.1. The van der Waals surface area contributed by atoms with Crippen LogP contribution < -0.4 is 15.5 Å². The number of rotatable bonds is 8. The normalized spacial score (nSPS) is 18.8. The number of hydrogen-bond donors (Lipinski definition) is 2. The number of anilines is 1. The van der Waals surface area contributed by atoms with Crippen molar-refractivity contribution in [2.45, 2.75) is 57.2 Å². The Morgan fingerprint density at radius 2 is 1.64 bits per heavy atom. The molecule has 0 radical (unpaired) electrons. The molecule has 1 aliphatic carbocycles. The number of benzene rings is 2. The lowest BCUT2D eigenvalue weighted by atomic mass is 9.95. The van der Waals surface area contributed by atoms with Crippen molar-refractivity contribution < 1.29 is 18.7 Å². The summed E-state index contributed by atoms with van der Waals surface area (Å²) < 4.78 is 18.8. The molecule has 2 aromatic rings. The van der Waals surface area contributed by atoms with Gasteiger partial charge in [0.25, 0.3) is 0 Å². The molecule has 2 amide bonds. The Hall–Kier alpha value is -3.13. The molecule has 1 heterocycles. The molecule has 2 fully saturated rings. The lowest BCUT2D eigenvalue weighted by Crippen LogP contribution is -2.58. The summed E-state index contributed by atoms with van der Waals surface area (Å²) in [6, 6.07) is 14.9. The highest BCUT2D eigenvalue weighted by Gasteiger charge is 2.38. The summed E-state index contributed by atoms with van der Waals surface area (Å²) in [5.74, 6) is -0.692. The first-order valence-electron chi connectivity index (χ1n) is 13.1. The minimum Gasteiger partial charge on any atom is -0.464 e. The van der Waals surface area contributed by atoms with E-state index in [-0.39, 0.29) is 30.5 Å². The molecule has 2 aliphatic rings. The molecule has 0 unspecified atom stereocenters. The molecule has 8 heteroatoms. The molecule has 2 aromatic carbocycles. The Bertz CT molecular complexity index is 974. The van der Waals surface area contributed by atoms with Crippen LogP contribution in [0.5, 0.6) is 0 Å². The van der Waals surface area contributed by atoms with E-state index in [1.54, 1.807) is 19.1 Å². The van der Waals surface area contributed by atoms with E-state index in [1.165, 1.54) is 18.6 Å². The number of carbonyl (C=O) groups excluding carboxylic acids is 2. The third-order valence-electron chi connectivity index (χ3n) is 7.12. The Morgan fingerprint density at radius 3 is 2.28 bits per heavy atom. The third-order valence-corrected chi connectivity index (χ3v) is 7.12. The van der Waals surface area contributed by atoms with Gasteiger partial charge >= 0.3 is 12.0 Å². The van der Waals surface area contributed by atoms with Gasteiger partial charge in [0.2, 0.25) is 0 Å². The monoisotopic (exact) mass is 496 g/mol. The SMILES string of the molecule is CCOC(=O)[C@H](NC(=O)NC1CCCCC1)[C@@H](c1ccccc1)N1CCN(c2ccc(F)cc2)CC1. The van der Waals surface area contributed by atoms with Gasteiger partial charge in [-0.3, -0.25) is 4.90 Å². The molecule has 1 aliphatic heterocycles. The van der Waals surface area contributed by atoms with Crippen molar-refractivity contribution in [1.29, 1.82) is 0 Å². The summed E-state index contributed by atoms with van der Waals surface area (Å²) >= 11 is 0. The second-order valence-electron chi connectivity index (χ2n) is 9.54. The molecular weight excluding hydrogens is 459 g/mol. The van der Waals surface area contributed by atoms with E-state index in [0.717, 1.165) is 50.0 Å². The van der Waals surface area contributed by atoms with Crippen molar-refractivity contribution >= 4 is 17.7 Å². The van der Waals surface area contributed by atoms with Gasteiger partial charge in [-0.15, -0.1) is 0 Å². The van der Waals surface area contributed by atoms with Gasteiger partial charge < -0.3 is 20.3 Å². The molecule has 194 valence electrons. The molecule has 2 atom stereocenters. The molecule has 7 nitrogen and oxygen atoms in total. The minimum atomic E-state index is -0.853. The largest absolute Gasteiger partial charge is 0.464 e. The fraction of sp³-hybridized carbons (Fsp3) is 0.500. The molecule has 1 saturated heterocycles. The summed E-state index contributed by atoms with van der Waals surface area (Å²) in [7, 11) is 0. The van der Waals surface area contributed by atoms with Crippen molar-refractivity contribution in [3.63, 3.8) is 0 Å². The van der Waals surface area contributed by atoms with Crippen LogP contribution in [0.25, 0.3) is 0 Å². The maximum Gasteiger partial charge on any atom is 0.330 e. The number of piperazine rings is 1. The Labute approximate surface area is 213 Å². The van der Waals surface area contributed by atoms with E-state index in [1.807, 2.05) is 30.3 Å². The number of urea groups is 1. The lowest BCUT2D eigenvalue weighted by molar-refractivity contribution is -0.147. The number of halogens is 1. The zero-order chi connectivity index (χ0) is 25.3. The van der Waals surface area contributed by atoms with E-state index in [0.29, 0.717) is 13.1 Å². The lowest BCUT2D eigenvalue weighted by Gasteiger charge is -2.42. The fourth-order valence-corrected chi connectivity index (χ4v) is 5.29. The number of esters is 1. The maximum absolute atomic E-state index is 13.4. The summed E-state index contributed by atoms with van der Waals surface area (Å²) in [5.41, 5.74) is 1.92. The quantitative estimate of drug-likeness (QED) is 0.535. The predicted octanol–water partition coefficient (Wildman–Crippen LogP) is 4.25. The van der Waals surface area contributed by atoms with Gasteiger partial charge in [0.1, 0.15) is 11.9 Å². The van der Waals surface area contributed by atoms with Crippen LogP contribution in [-0.2, 0) is 9.53 Å². The average Bonchev–Trinajstić information content (AvgIpc) is 2.90. The van der Waals surface area contributed by atoms with E-state index in [9.17, 15) is 14.0 Å². The van der Waals surface area contributed by atoms with Crippen molar-refractivity contribution in [3.8, 4) is 0 Å². The predicted molar refractivity (Wildman–Crippen MR) is 138 cm³/mol. The van der Waals surface area contributed by atoms with E-state index < -0.39 is 12.0 Å². The highest BCUT2D eigenvalue weighted by atomic mass is 19.1. The zero-order valence-electron chi connectivity index (χ0n) is 21.0. The molecule has 36 heavy (non-hydrogen) atoms. The molecule has 0 spiro atoms. The maximum atomic E-state index is 13.4. The number of amides is 2. The highest BCUT2D eigenvalue weighted by Crippen LogP contribution is 2.28. The van der Waals surface area contributed by atoms with Crippen LogP contribution in [0.4, 0.5) is 14.9 Å². The number of ether oxygens (including phenoxy) is 1. The second-order valence-corrected chi connectivity index (χ2v) is 9.54. The first-order chi connectivity index (χ1) is 17.5. The average molecular weight is 497 g/mol. The number of nitrogens with one attached hydrogen (secondary N) is 2. The molecule has 1 saturated carbocycles. The van der Waals surface area contributed by atoms with Crippen molar-refractivity contribution in [3.05, 3.63) is 66.0 Å². The van der Waals surface area contributed by atoms with Gasteiger partial charge in [-0.05, 0) is 49.6 Å². The summed E-state index contributed by atoms with van der Waals surface area (Å²) in [6.45, 7) is 4.81.